The molecular formula is C35H51N2O8P. The smallest absolute Gasteiger partial charge is 0.323 e. The molecule has 1 unspecified atom stereocenters. The molecule has 4 atom stereocenters. The van der Waals surface area contributed by atoms with E-state index >= 15 is 0 Å². The molecule has 2 aromatic rings. The maximum Gasteiger partial charge on any atom is 0.323 e. The van der Waals surface area contributed by atoms with Gasteiger partial charge < -0.3 is 29.2 Å². The van der Waals surface area contributed by atoms with Gasteiger partial charge in [0.1, 0.15) is 23.9 Å². The average Bonchev–Trinajstić information content (AvgIpc) is 3.55. The molecule has 3 N–H and O–H groups in total. The van der Waals surface area contributed by atoms with Gasteiger partial charge in [-0.3, -0.25) is 14.2 Å². The molecule has 1 aliphatic rings. The summed E-state index contributed by atoms with van der Waals surface area (Å²) in [5.74, 6) is -0.280. The summed E-state index contributed by atoms with van der Waals surface area (Å²) in [4.78, 5) is 25.7. The lowest BCUT2D eigenvalue weighted by Gasteiger charge is -2.24. The molecule has 0 aromatic heterocycles. The molecule has 46 heavy (non-hydrogen) atoms. The summed E-state index contributed by atoms with van der Waals surface area (Å²) in [7, 11) is -3.56. The zero-order valence-corrected chi connectivity index (χ0v) is 28.5. The molecule has 3 rings (SSSR count). The van der Waals surface area contributed by atoms with Crippen LogP contribution in [0.5, 0.6) is 5.75 Å². The largest absolute Gasteiger partial charge is 0.464 e. The quantitative estimate of drug-likeness (QED) is 0.0752. The molecule has 2 aromatic carbocycles. The second-order valence-electron chi connectivity index (χ2n) is 12.2. The predicted molar refractivity (Wildman–Crippen MR) is 179 cm³/mol. The third-order valence-corrected chi connectivity index (χ3v) is 9.55. The second kappa shape index (κ2) is 19.6. The van der Waals surface area contributed by atoms with Gasteiger partial charge in [-0.05, 0) is 75.3 Å². The highest BCUT2D eigenvalue weighted by atomic mass is 31.2. The number of benzene rings is 2. The van der Waals surface area contributed by atoms with Gasteiger partial charge in [0.05, 0.1) is 32.6 Å². The van der Waals surface area contributed by atoms with E-state index in [0.29, 0.717) is 44.8 Å². The maximum atomic E-state index is 14.0. The number of allylic oxidation sites excluding steroid dienone is 1. The van der Waals surface area contributed by atoms with E-state index in [4.69, 9.17) is 18.7 Å². The molecule has 1 fully saturated rings. The van der Waals surface area contributed by atoms with Crippen molar-refractivity contribution in [3.05, 3.63) is 77.4 Å². The molecule has 0 amide bonds. The number of ether oxygens (including phenoxy) is 3. The van der Waals surface area contributed by atoms with Gasteiger partial charge in [-0.15, -0.1) is 0 Å². The molecule has 10 nitrogen and oxygen atoms in total. The highest BCUT2D eigenvalue weighted by Gasteiger charge is 2.30. The van der Waals surface area contributed by atoms with Crippen molar-refractivity contribution in [2.24, 2.45) is 5.92 Å². The lowest BCUT2D eigenvalue weighted by atomic mass is 10.0. The maximum absolute atomic E-state index is 14.0. The Balaban J connectivity index is 1.66. The molecule has 0 bridgehead atoms. The van der Waals surface area contributed by atoms with Crippen molar-refractivity contribution >= 4 is 19.5 Å². The lowest BCUT2D eigenvalue weighted by Crippen LogP contribution is -2.42. The van der Waals surface area contributed by atoms with Gasteiger partial charge in [-0.25, -0.2) is 5.09 Å². The number of hydrogen-bond donors (Lipinski definition) is 3. The molecule has 0 radical (unpaired) electrons. The van der Waals surface area contributed by atoms with E-state index in [1.54, 1.807) is 32.1 Å². The standard InChI is InChI=1S/C35H51N2O8P/c1-26(2)24-43-34(39)28(4)37-46(41,21-9-10-27(3)23-38)45-31-16-14-30(15-17-31)22-33(35(40)44-32-18-20-42-25-32)36-19-8-13-29-11-6-5-7-12-29/h5-7,10-12,14-17,26,28,32-33,36,38H,8-9,13,18-25H2,1-4H3,(H,37,41)/b27-10+/t28-,32-,33-,46?/m0/s1. The first-order chi connectivity index (χ1) is 22.1. The number of hydrogen-bond acceptors (Lipinski definition) is 9. The Labute approximate surface area is 273 Å². The third kappa shape index (κ3) is 13.8. The number of aliphatic hydroxyl groups excluding tert-OH is 1. The van der Waals surface area contributed by atoms with Crippen LogP contribution in [-0.2, 0) is 41.2 Å². The molecule has 1 aliphatic heterocycles. The van der Waals surface area contributed by atoms with E-state index in [0.717, 1.165) is 24.0 Å². The SMILES string of the molecule is C/C(=C\CCP(=O)(N[C@@H](C)C(=O)OCC(C)C)Oc1ccc(C[C@H](NCCCc2ccccc2)C(=O)O[C@H]2CCOC2)cc1)CO. The van der Waals surface area contributed by atoms with E-state index < -0.39 is 25.6 Å². The predicted octanol–water partition coefficient (Wildman–Crippen LogP) is 5.23. The van der Waals surface area contributed by atoms with Crippen LogP contribution in [0.1, 0.15) is 58.1 Å². The van der Waals surface area contributed by atoms with Crippen molar-refractivity contribution in [3.8, 4) is 5.75 Å². The first kappa shape index (κ1) is 37.4. The second-order valence-corrected chi connectivity index (χ2v) is 14.5. The van der Waals surface area contributed by atoms with Crippen molar-refractivity contribution in [2.75, 3.05) is 39.1 Å². The number of aliphatic hydroxyl groups is 1. The monoisotopic (exact) mass is 658 g/mol. The minimum atomic E-state index is -3.56. The van der Waals surface area contributed by atoms with Crippen molar-refractivity contribution in [2.45, 2.75) is 78.0 Å². The fraction of sp³-hybridized carbons (Fsp3) is 0.543. The van der Waals surface area contributed by atoms with E-state index in [2.05, 4.69) is 22.5 Å². The molecule has 254 valence electrons. The summed E-state index contributed by atoms with van der Waals surface area (Å²) in [6.07, 6.45) is 4.91. The molecule has 1 saturated heterocycles. The molecule has 1 heterocycles. The lowest BCUT2D eigenvalue weighted by molar-refractivity contribution is -0.151. The topological polar surface area (TPSA) is 132 Å². The fourth-order valence-electron chi connectivity index (χ4n) is 4.80. The Hall–Kier alpha value is -3.01. The van der Waals surface area contributed by atoms with Crippen LogP contribution in [0.15, 0.2) is 66.2 Å². The highest BCUT2D eigenvalue weighted by molar-refractivity contribution is 7.57. The van der Waals surface area contributed by atoms with E-state index in [1.807, 2.05) is 44.2 Å². The number of carbonyl (C=O) groups is 2. The number of esters is 2. The van der Waals surface area contributed by atoms with Gasteiger partial charge in [0.15, 0.2) is 0 Å². The number of rotatable bonds is 20. The summed E-state index contributed by atoms with van der Waals surface area (Å²) < 4.78 is 36.4. The van der Waals surface area contributed by atoms with Crippen LogP contribution in [0.2, 0.25) is 0 Å². The zero-order valence-electron chi connectivity index (χ0n) is 27.6. The van der Waals surface area contributed by atoms with Crippen LogP contribution < -0.4 is 14.9 Å². The Morgan fingerprint density at radius 3 is 2.46 bits per heavy atom. The van der Waals surface area contributed by atoms with Crippen LogP contribution in [0.25, 0.3) is 0 Å². The Kier molecular flexibility index (Phi) is 16.0. The van der Waals surface area contributed by atoms with Gasteiger partial charge in [0.25, 0.3) is 0 Å². The van der Waals surface area contributed by atoms with Gasteiger partial charge in [-0.2, -0.15) is 0 Å². The van der Waals surface area contributed by atoms with Gasteiger partial charge in [0.2, 0.25) is 0 Å². The highest BCUT2D eigenvalue weighted by Crippen LogP contribution is 2.44. The summed E-state index contributed by atoms with van der Waals surface area (Å²) in [6.45, 7) is 9.08. The minimum absolute atomic E-state index is 0.0944. The first-order valence-corrected chi connectivity index (χ1v) is 18.0. The summed E-state index contributed by atoms with van der Waals surface area (Å²) >= 11 is 0. The third-order valence-electron chi connectivity index (χ3n) is 7.42. The molecule has 11 heteroatoms. The molecule has 0 spiro atoms. The fourth-order valence-corrected chi connectivity index (χ4v) is 6.70. The van der Waals surface area contributed by atoms with Crippen LogP contribution in [0.4, 0.5) is 0 Å². The van der Waals surface area contributed by atoms with Gasteiger partial charge >= 0.3 is 19.5 Å². The summed E-state index contributed by atoms with van der Waals surface area (Å²) in [6, 6.07) is 15.9. The Morgan fingerprint density at radius 2 is 1.80 bits per heavy atom. The molecule has 0 aliphatic carbocycles. The van der Waals surface area contributed by atoms with Crippen LogP contribution >= 0.6 is 7.52 Å². The molecule has 0 saturated carbocycles. The van der Waals surface area contributed by atoms with Gasteiger partial charge in [0, 0.05) is 6.42 Å². The number of nitrogens with one attached hydrogen (secondary N) is 2. The minimum Gasteiger partial charge on any atom is -0.464 e. The van der Waals surface area contributed by atoms with Crippen molar-refractivity contribution < 1.29 is 38.0 Å². The number of aryl methyl sites for hydroxylation is 1. The Morgan fingerprint density at radius 1 is 1.07 bits per heavy atom. The Bertz CT molecular complexity index is 1280. The van der Waals surface area contributed by atoms with Gasteiger partial charge in [-0.1, -0.05) is 68.0 Å². The summed E-state index contributed by atoms with van der Waals surface area (Å²) in [5.41, 5.74) is 2.88. The van der Waals surface area contributed by atoms with Crippen LogP contribution in [0.3, 0.4) is 0 Å². The average molecular weight is 659 g/mol. The number of carbonyl (C=O) groups excluding carboxylic acids is 2. The van der Waals surface area contributed by atoms with Crippen LogP contribution in [-0.4, -0.2) is 74.4 Å². The first-order valence-electron chi connectivity index (χ1n) is 16.2. The van der Waals surface area contributed by atoms with Crippen molar-refractivity contribution in [1.82, 2.24) is 10.4 Å². The van der Waals surface area contributed by atoms with Crippen molar-refractivity contribution in [3.63, 3.8) is 0 Å². The van der Waals surface area contributed by atoms with E-state index in [9.17, 15) is 19.3 Å². The normalized spacial score (nSPS) is 17.7. The molecular weight excluding hydrogens is 607 g/mol. The van der Waals surface area contributed by atoms with E-state index in [1.165, 1.54) is 5.56 Å². The van der Waals surface area contributed by atoms with E-state index in [-0.39, 0.29) is 37.4 Å². The summed E-state index contributed by atoms with van der Waals surface area (Å²) in [5, 5.41) is 15.6. The van der Waals surface area contributed by atoms with Crippen molar-refractivity contribution in [1.29, 1.82) is 0 Å². The zero-order chi connectivity index (χ0) is 33.4. The van der Waals surface area contributed by atoms with Crippen LogP contribution in [0, 0.1) is 5.92 Å².